The number of carbonyl (C=O) groups excluding carboxylic acids is 3. The fraction of sp³-hybridized carbons (Fsp3) is 0.824. The van der Waals surface area contributed by atoms with Crippen LogP contribution in [0.5, 0.6) is 0 Å². The van der Waals surface area contributed by atoms with E-state index in [1.807, 2.05) is 0 Å². The molecule has 6 heteroatoms. The smallest absolute Gasteiger partial charge is 0.229 e. The van der Waals surface area contributed by atoms with Crippen molar-refractivity contribution in [1.82, 2.24) is 4.90 Å². The first-order chi connectivity index (χ1) is 10.9. The van der Waals surface area contributed by atoms with Crippen LogP contribution in [0.15, 0.2) is 0 Å². The summed E-state index contributed by atoms with van der Waals surface area (Å²) in [6, 6.07) is 0. The number of unbranched alkanes of at least 4 members (excludes halogenated alkanes) is 2. The number of nitrogens with zero attached hydrogens (tertiary/aromatic N) is 1. The standard InChI is InChI=1S/C17H31NO5/c1-14(15(2)19)13-18(16(20)9-5-7-11-22-3)17(21)10-6-8-12-23-4/h14H,5-13H2,1-4H3. The van der Waals surface area contributed by atoms with Gasteiger partial charge in [-0.15, -0.1) is 0 Å². The molecular formula is C17H31NO5. The maximum atomic E-state index is 12.3. The van der Waals surface area contributed by atoms with E-state index in [0.29, 0.717) is 38.9 Å². The summed E-state index contributed by atoms with van der Waals surface area (Å²) in [5.41, 5.74) is 0. The van der Waals surface area contributed by atoms with Crippen LogP contribution in [0.2, 0.25) is 0 Å². The zero-order valence-corrected chi connectivity index (χ0v) is 14.9. The monoisotopic (exact) mass is 329 g/mol. The summed E-state index contributed by atoms with van der Waals surface area (Å²) in [5.74, 6) is -0.757. The number of amides is 2. The van der Waals surface area contributed by atoms with Crippen LogP contribution in [0.3, 0.4) is 0 Å². The summed E-state index contributed by atoms with van der Waals surface area (Å²) in [5, 5.41) is 0. The zero-order valence-electron chi connectivity index (χ0n) is 14.9. The number of ether oxygens (including phenoxy) is 2. The summed E-state index contributed by atoms with van der Waals surface area (Å²) < 4.78 is 9.91. The molecule has 0 aliphatic carbocycles. The molecule has 0 saturated heterocycles. The van der Waals surface area contributed by atoms with Gasteiger partial charge in [0, 0.05) is 52.7 Å². The van der Waals surface area contributed by atoms with Crippen LogP contribution in [-0.2, 0) is 23.9 Å². The van der Waals surface area contributed by atoms with Crippen LogP contribution < -0.4 is 0 Å². The summed E-state index contributed by atoms with van der Waals surface area (Å²) in [7, 11) is 3.23. The normalized spacial score (nSPS) is 12.0. The Hall–Kier alpha value is -1.27. The average Bonchev–Trinajstić information content (AvgIpc) is 2.52. The van der Waals surface area contributed by atoms with Crippen LogP contribution in [0.25, 0.3) is 0 Å². The molecule has 0 rings (SSSR count). The molecule has 134 valence electrons. The number of carbonyl (C=O) groups is 3. The predicted octanol–water partition coefficient (Wildman–Crippen LogP) is 2.20. The molecule has 0 heterocycles. The SMILES string of the molecule is COCCCCC(=O)N(CC(C)C(C)=O)C(=O)CCCCOC. The molecule has 1 unspecified atom stereocenters. The molecule has 0 aliphatic rings. The Morgan fingerprint density at radius 1 is 0.870 bits per heavy atom. The minimum absolute atomic E-state index is 0.0191. The van der Waals surface area contributed by atoms with E-state index in [-0.39, 0.29) is 30.1 Å². The van der Waals surface area contributed by atoms with Crippen molar-refractivity contribution in [3.8, 4) is 0 Å². The molecule has 0 aromatic carbocycles. The molecule has 0 radical (unpaired) electrons. The number of methoxy groups -OCH3 is 2. The Morgan fingerprint density at radius 2 is 1.30 bits per heavy atom. The second-order valence-electron chi connectivity index (χ2n) is 5.81. The van der Waals surface area contributed by atoms with Crippen LogP contribution in [-0.4, -0.2) is 56.5 Å². The number of ketones is 1. The van der Waals surface area contributed by atoms with E-state index < -0.39 is 0 Å². The van der Waals surface area contributed by atoms with Gasteiger partial charge in [-0.1, -0.05) is 6.92 Å². The van der Waals surface area contributed by atoms with Crippen molar-refractivity contribution >= 4 is 17.6 Å². The minimum Gasteiger partial charge on any atom is -0.385 e. The van der Waals surface area contributed by atoms with E-state index in [9.17, 15) is 14.4 Å². The second-order valence-corrected chi connectivity index (χ2v) is 5.81. The van der Waals surface area contributed by atoms with Gasteiger partial charge in [0.1, 0.15) is 5.78 Å². The lowest BCUT2D eigenvalue weighted by molar-refractivity contribution is -0.146. The molecule has 23 heavy (non-hydrogen) atoms. The van der Waals surface area contributed by atoms with Crippen LogP contribution in [0.4, 0.5) is 0 Å². The predicted molar refractivity (Wildman–Crippen MR) is 88.0 cm³/mol. The van der Waals surface area contributed by atoms with Gasteiger partial charge in [-0.25, -0.2) is 0 Å². The van der Waals surface area contributed by atoms with Gasteiger partial charge in [-0.05, 0) is 32.6 Å². The van der Waals surface area contributed by atoms with Gasteiger partial charge in [0.15, 0.2) is 0 Å². The van der Waals surface area contributed by atoms with Gasteiger partial charge < -0.3 is 9.47 Å². The topological polar surface area (TPSA) is 72.9 Å². The molecule has 2 amide bonds. The van der Waals surface area contributed by atoms with Crippen LogP contribution >= 0.6 is 0 Å². The van der Waals surface area contributed by atoms with Crippen molar-refractivity contribution in [2.24, 2.45) is 5.92 Å². The molecule has 0 aromatic rings. The molecule has 0 bridgehead atoms. The first-order valence-corrected chi connectivity index (χ1v) is 8.25. The second kappa shape index (κ2) is 13.2. The Labute approximate surface area is 139 Å². The van der Waals surface area contributed by atoms with Crippen LogP contribution in [0.1, 0.15) is 52.4 Å². The van der Waals surface area contributed by atoms with E-state index in [0.717, 1.165) is 12.8 Å². The van der Waals surface area contributed by atoms with Gasteiger partial charge in [0.05, 0.1) is 0 Å². The van der Waals surface area contributed by atoms with Crippen molar-refractivity contribution in [2.45, 2.75) is 52.4 Å². The molecule has 0 saturated carbocycles. The maximum Gasteiger partial charge on any atom is 0.229 e. The lowest BCUT2D eigenvalue weighted by Crippen LogP contribution is -2.41. The Kier molecular flexibility index (Phi) is 12.5. The summed E-state index contributed by atoms with van der Waals surface area (Å²) in [6.07, 6.45) is 3.51. The quantitative estimate of drug-likeness (QED) is 0.484. The summed E-state index contributed by atoms with van der Waals surface area (Å²) >= 11 is 0. The molecular weight excluding hydrogens is 298 g/mol. The third-order valence-corrected chi connectivity index (χ3v) is 3.73. The van der Waals surface area contributed by atoms with Crippen LogP contribution in [0, 0.1) is 5.92 Å². The van der Waals surface area contributed by atoms with Crippen molar-refractivity contribution in [2.75, 3.05) is 34.0 Å². The van der Waals surface area contributed by atoms with Crippen molar-refractivity contribution in [3.63, 3.8) is 0 Å². The lowest BCUT2D eigenvalue weighted by atomic mass is 10.1. The molecule has 6 nitrogen and oxygen atoms in total. The van der Waals surface area contributed by atoms with E-state index in [4.69, 9.17) is 9.47 Å². The van der Waals surface area contributed by atoms with Crippen molar-refractivity contribution in [1.29, 1.82) is 0 Å². The van der Waals surface area contributed by atoms with Crippen molar-refractivity contribution in [3.05, 3.63) is 0 Å². The Morgan fingerprint density at radius 3 is 1.65 bits per heavy atom. The number of Topliss-reactive ketones (excluding diaryl/α,β-unsaturated/α-hetero) is 1. The Balaban J connectivity index is 4.56. The van der Waals surface area contributed by atoms with E-state index in [1.165, 1.54) is 11.8 Å². The average molecular weight is 329 g/mol. The largest absolute Gasteiger partial charge is 0.385 e. The van der Waals surface area contributed by atoms with Gasteiger partial charge in [0.2, 0.25) is 11.8 Å². The third-order valence-electron chi connectivity index (χ3n) is 3.73. The highest BCUT2D eigenvalue weighted by molar-refractivity contribution is 5.95. The van der Waals surface area contributed by atoms with Crippen molar-refractivity contribution < 1.29 is 23.9 Å². The van der Waals surface area contributed by atoms with E-state index in [2.05, 4.69) is 0 Å². The minimum atomic E-state index is -0.333. The molecule has 0 N–H and O–H groups in total. The maximum absolute atomic E-state index is 12.3. The summed E-state index contributed by atoms with van der Waals surface area (Å²) in [6.45, 7) is 4.59. The van der Waals surface area contributed by atoms with Gasteiger partial charge in [-0.3, -0.25) is 19.3 Å². The molecule has 0 aromatic heterocycles. The first-order valence-electron chi connectivity index (χ1n) is 8.25. The Bertz CT molecular complexity index is 346. The van der Waals surface area contributed by atoms with E-state index >= 15 is 0 Å². The fourth-order valence-corrected chi connectivity index (χ4v) is 2.06. The van der Waals surface area contributed by atoms with Gasteiger partial charge >= 0.3 is 0 Å². The highest BCUT2D eigenvalue weighted by atomic mass is 16.5. The molecule has 0 aliphatic heterocycles. The summed E-state index contributed by atoms with van der Waals surface area (Å²) in [4.78, 5) is 37.3. The fourth-order valence-electron chi connectivity index (χ4n) is 2.06. The molecule has 0 fully saturated rings. The number of rotatable bonds is 13. The third kappa shape index (κ3) is 10.2. The molecule has 1 atom stereocenters. The number of imide groups is 1. The van der Waals surface area contributed by atoms with Gasteiger partial charge in [-0.2, -0.15) is 0 Å². The first kappa shape index (κ1) is 21.7. The lowest BCUT2D eigenvalue weighted by Gasteiger charge is -2.23. The zero-order chi connectivity index (χ0) is 17.7. The number of hydrogen-bond donors (Lipinski definition) is 0. The highest BCUT2D eigenvalue weighted by Crippen LogP contribution is 2.10. The van der Waals surface area contributed by atoms with Gasteiger partial charge in [0.25, 0.3) is 0 Å². The number of hydrogen-bond acceptors (Lipinski definition) is 5. The highest BCUT2D eigenvalue weighted by Gasteiger charge is 2.24. The molecule has 0 spiro atoms. The van der Waals surface area contributed by atoms with E-state index in [1.54, 1.807) is 21.1 Å².